The van der Waals surface area contributed by atoms with Gasteiger partial charge in [-0.15, -0.1) is 0 Å². The van der Waals surface area contributed by atoms with Crippen LogP contribution in [0.5, 0.6) is 0 Å². The Balaban J connectivity index is 3.74. The van der Waals surface area contributed by atoms with Gasteiger partial charge in [-0.3, -0.25) is 0 Å². The lowest BCUT2D eigenvalue weighted by Crippen LogP contribution is -2.22. The van der Waals surface area contributed by atoms with Crippen molar-refractivity contribution >= 4 is 0 Å². The van der Waals surface area contributed by atoms with Crippen LogP contribution in [-0.2, 0) is 0 Å². The van der Waals surface area contributed by atoms with Gasteiger partial charge in [-0.1, -0.05) is 13.8 Å². The molecule has 0 fully saturated rings. The van der Waals surface area contributed by atoms with Gasteiger partial charge in [-0.05, 0) is 51.4 Å². The number of aliphatic hydroxyl groups is 3. The van der Waals surface area contributed by atoms with Gasteiger partial charge < -0.3 is 15.3 Å². The highest BCUT2D eigenvalue weighted by molar-refractivity contribution is 4.69. The van der Waals surface area contributed by atoms with Crippen molar-refractivity contribution < 1.29 is 15.3 Å². The molecule has 0 aliphatic carbocycles. The van der Waals surface area contributed by atoms with E-state index in [0.717, 1.165) is 19.3 Å². The summed E-state index contributed by atoms with van der Waals surface area (Å²) in [6, 6.07) is 0. The van der Waals surface area contributed by atoms with E-state index < -0.39 is 0 Å². The summed E-state index contributed by atoms with van der Waals surface area (Å²) < 4.78 is 0. The monoisotopic (exact) mass is 232 g/mol. The summed E-state index contributed by atoms with van der Waals surface area (Å²) in [6.07, 6.45) is 2.16. The minimum atomic E-state index is -0.348. The molecule has 0 aromatic heterocycles. The molecule has 0 aromatic rings. The Labute approximate surface area is 99.5 Å². The Morgan fingerprint density at radius 3 is 1.69 bits per heavy atom. The lowest BCUT2D eigenvalue weighted by molar-refractivity contribution is 0.0632. The molecule has 0 aliphatic heterocycles. The number of rotatable bonds is 8. The standard InChI is InChI=1S/C13H28O3/c1-9(7-11(3)14)5-6-13(16)10(2)8-12(4)15/h9-16H,5-8H2,1-4H3. The molecule has 5 atom stereocenters. The van der Waals surface area contributed by atoms with E-state index in [4.69, 9.17) is 0 Å². The predicted molar refractivity (Wildman–Crippen MR) is 66.2 cm³/mol. The van der Waals surface area contributed by atoms with Crippen molar-refractivity contribution in [3.8, 4) is 0 Å². The molecule has 5 unspecified atom stereocenters. The fraction of sp³-hybridized carbons (Fsp3) is 1.00. The maximum absolute atomic E-state index is 9.88. The molecule has 0 aliphatic rings. The zero-order valence-electron chi connectivity index (χ0n) is 11.1. The molecule has 0 radical (unpaired) electrons. The van der Waals surface area contributed by atoms with Crippen LogP contribution in [0.2, 0.25) is 0 Å². The van der Waals surface area contributed by atoms with Gasteiger partial charge in [0, 0.05) is 0 Å². The lowest BCUT2D eigenvalue weighted by Gasteiger charge is -2.22. The van der Waals surface area contributed by atoms with Crippen molar-refractivity contribution in [1.29, 1.82) is 0 Å². The molecule has 0 spiro atoms. The Morgan fingerprint density at radius 2 is 1.25 bits per heavy atom. The normalized spacial score (nSPS) is 21.2. The van der Waals surface area contributed by atoms with Crippen LogP contribution in [0.4, 0.5) is 0 Å². The second-order valence-electron chi connectivity index (χ2n) is 5.40. The van der Waals surface area contributed by atoms with Crippen LogP contribution < -0.4 is 0 Å². The molecule has 0 aromatic carbocycles. The van der Waals surface area contributed by atoms with Crippen LogP contribution >= 0.6 is 0 Å². The van der Waals surface area contributed by atoms with Crippen LogP contribution in [0.3, 0.4) is 0 Å². The quantitative estimate of drug-likeness (QED) is 0.599. The van der Waals surface area contributed by atoms with Crippen LogP contribution in [-0.4, -0.2) is 33.6 Å². The highest BCUT2D eigenvalue weighted by Gasteiger charge is 2.17. The summed E-state index contributed by atoms with van der Waals surface area (Å²) >= 11 is 0. The van der Waals surface area contributed by atoms with Gasteiger partial charge in [0.15, 0.2) is 0 Å². The van der Waals surface area contributed by atoms with Gasteiger partial charge in [-0.2, -0.15) is 0 Å². The van der Waals surface area contributed by atoms with E-state index in [9.17, 15) is 15.3 Å². The third-order valence-electron chi connectivity index (χ3n) is 3.07. The Bertz CT molecular complexity index is 169. The third kappa shape index (κ3) is 8.08. The molecular formula is C13H28O3. The zero-order valence-corrected chi connectivity index (χ0v) is 11.1. The van der Waals surface area contributed by atoms with Gasteiger partial charge in [0.05, 0.1) is 18.3 Å². The molecule has 3 nitrogen and oxygen atoms in total. The van der Waals surface area contributed by atoms with Crippen LogP contribution in [0.25, 0.3) is 0 Å². The fourth-order valence-corrected chi connectivity index (χ4v) is 2.14. The summed E-state index contributed by atoms with van der Waals surface area (Å²) in [5, 5.41) is 28.3. The van der Waals surface area contributed by atoms with Crippen LogP contribution in [0.15, 0.2) is 0 Å². The molecule has 0 rings (SSSR count). The van der Waals surface area contributed by atoms with E-state index in [1.807, 2.05) is 6.92 Å². The van der Waals surface area contributed by atoms with Gasteiger partial charge in [-0.25, -0.2) is 0 Å². The minimum absolute atomic E-state index is 0.138. The largest absolute Gasteiger partial charge is 0.393 e. The molecule has 3 N–H and O–H groups in total. The van der Waals surface area contributed by atoms with Gasteiger partial charge in [0.25, 0.3) is 0 Å². The van der Waals surface area contributed by atoms with E-state index in [0.29, 0.717) is 12.3 Å². The molecule has 0 saturated heterocycles. The molecule has 3 heteroatoms. The number of hydrogen-bond acceptors (Lipinski definition) is 3. The Hall–Kier alpha value is -0.120. The average molecular weight is 232 g/mol. The van der Waals surface area contributed by atoms with Crippen molar-refractivity contribution in [1.82, 2.24) is 0 Å². The van der Waals surface area contributed by atoms with Gasteiger partial charge in [0.2, 0.25) is 0 Å². The molecule has 0 saturated carbocycles. The van der Waals surface area contributed by atoms with E-state index in [1.165, 1.54) is 0 Å². The first-order chi connectivity index (χ1) is 7.32. The highest BCUT2D eigenvalue weighted by atomic mass is 16.3. The van der Waals surface area contributed by atoms with Crippen LogP contribution in [0, 0.1) is 11.8 Å². The molecule has 0 bridgehead atoms. The van der Waals surface area contributed by atoms with Crippen molar-refractivity contribution in [3.63, 3.8) is 0 Å². The number of hydrogen-bond donors (Lipinski definition) is 3. The number of aliphatic hydroxyl groups excluding tert-OH is 3. The second-order valence-corrected chi connectivity index (χ2v) is 5.40. The first-order valence-electron chi connectivity index (χ1n) is 6.37. The third-order valence-corrected chi connectivity index (χ3v) is 3.07. The Morgan fingerprint density at radius 1 is 0.750 bits per heavy atom. The van der Waals surface area contributed by atoms with E-state index in [-0.39, 0.29) is 24.2 Å². The van der Waals surface area contributed by atoms with E-state index >= 15 is 0 Å². The maximum Gasteiger partial charge on any atom is 0.0566 e. The van der Waals surface area contributed by atoms with Crippen molar-refractivity contribution in [2.75, 3.05) is 0 Å². The van der Waals surface area contributed by atoms with E-state index in [1.54, 1.807) is 13.8 Å². The maximum atomic E-state index is 9.88. The highest BCUT2D eigenvalue weighted by Crippen LogP contribution is 2.20. The van der Waals surface area contributed by atoms with Crippen molar-refractivity contribution in [2.45, 2.75) is 71.7 Å². The summed E-state index contributed by atoms with van der Waals surface area (Å²) in [6.45, 7) is 7.61. The lowest BCUT2D eigenvalue weighted by atomic mass is 9.90. The molecule has 0 heterocycles. The summed E-state index contributed by atoms with van der Waals surface area (Å²) in [5.41, 5.74) is 0. The summed E-state index contributed by atoms with van der Waals surface area (Å²) in [7, 11) is 0. The second kappa shape index (κ2) is 8.04. The zero-order chi connectivity index (χ0) is 12.7. The van der Waals surface area contributed by atoms with Gasteiger partial charge in [0.1, 0.15) is 0 Å². The fourth-order valence-electron chi connectivity index (χ4n) is 2.14. The minimum Gasteiger partial charge on any atom is -0.393 e. The first-order valence-corrected chi connectivity index (χ1v) is 6.37. The molecule has 98 valence electrons. The van der Waals surface area contributed by atoms with E-state index in [2.05, 4.69) is 6.92 Å². The summed E-state index contributed by atoms with van der Waals surface area (Å²) in [4.78, 5) is 0. The first kappa shape index (κ1) is 15.9. The van der Waals surface area contributed by atoms with Crippen LogP contribution in [0.1, 0.15) is 53.4 Å². The molecular weight excluding hydrogens is 204 g/mol. The van der Waals surface area contributed by atoms with Crippen molar-refractivity contribution in [3.05, 3.63) is 0 Å². The molecule has 16 heavy (non-hydrogen) atoms. The van der Waals surface area contributed by atoms with Gasteiger partial charge >= 0.3 is 0 Å². The molecule has 0 amide bonds. The topological polar surface area (TPSA) is 60.7 Å². The van der Waals surface area contributed by atoms with Crippen molar-refractivity contribution in [2.24, 2.45) is 11.8 Å². The summed E-state index contributed by atoms with van der Waals surface area (Å²) in [5.74, 6) is 0.576. The average Bonchev–Trinajstić information content (AvgIpc) is 2.11. The smallest absolute Gasteiger partial charge is 0.0566 e. The SMILES string of the molecule is CC(O)CC(C)CCC(O)C(C)CC(C)O. The Kier molecular flexibility index (Phi) is 7.98. The predicted octanol–water partition coefficient (Wildman–Crippen LogP) is 1.94.